The van der Waals surface area contributed by atoms with Crippen LogP contribution in [0.4, 0.5) is 34.1 Å². The number of thiazole rings is 2. The predicted octanol–water partition coefficient (Wildman–Crippen LogP) is 13.8. The summed E-state index contributed by atoms with van der Waals surface area (Å²) >= 11 is 3.33. The number of anilines is 6. The van der Waals surface area contributed by atoms with Gasteiger partial charge in [0.1, 0.15) is 21.0 Å². The number of rotatable bonds is 5. The van der Waals surface area contributed by atoms with Crippen molar-refractivity contribution in [2.45, 2.75) is 0 Å². The van der Waals surface area contributed by atoms with Crippen LogP contribution in [-0.4, -0.2) is 19.9 Å². The molecule has 0 N–H and O–H groups in total. The van der Waals surface area contributed by atoms with Gasteiger partial charge in [0.15, 0.2) is 23.0 Å². The monoisotopic (exact) mass is 784 g/mol. The van der Waals surface area contributed by atoms with E-state index in [4.69, 9.17) is 19.4 Å². The van der Waals surface area contributed by atoms with E-state index in [1.54, 1.807) is 22.7 Å². The fourth-order valence-electron chi connectivity index (χ4n) is 7.83. The van der Waals surface area contributed by atoms with Crippen molar-refractivity contribution < 1.29 is 9.47 Å². The Bertz CT molecular complexity index is 2880. The van der Waals surface area contributed by atoms with E-state index in [-0.39, 0.29) is 0 Å². The summed E-state index contributed by atoms with van der Waals surface area (Å²) < 4.78 is 15.1. The van der Waals surface area contributed by atoms with Crippen LogP contribution in [0.3, 0.4) is 0 Å². The van der Waals surface area contributed by atoms with Crippen LogP contribution in [-0.2, 0) is 0 Å². The summed E-state index contributed by atoms with van der Waals surface area (Å²) in [6.45, 7) is 0. The van der Waals surface area contributed by atoms with E-state index in [0.29, 0.717) is 0 Å². The highest BCUT2D eigenvalue weighted by Gasteiger charge is 2.29. The Morgan fingerprint density at radius 2 is 0.759 bits per heavy atom. The maximum atomic E-state index is 6.44. The van der Waals surface area contributed by atoms with Gasteiger partial charge in [-0.05, 0) is 108 Å². The fraction of sp³-hybridized carbons (Fsp3) is 0. The van der Waals surface area contributed by atoms with Crippen LogP contribution in [0.5, 0.6) is 23.0 Å². The number of hydrogen-bond acceptors (Lipinski definition) is 10. The molecule has 0 bridgehead atoms. The van der Waals surface area contributed by atoms with Gasteiger partial charge in [-0.1, -0.05) is 48.5 Å². The molecule has 10 aromatic rings. The molecule has 6 heterocycles. The molecule has 0 aliphatic carbocycles. The maximum absolute atomic E-state index is 6.44. The van der Waals surface area contributed by atoms with E-state index in [9.17, 15) is 0 Å². The Labute approximate surface area is 340 Å². The zero-order chi connectivity index (χ0) is 38.2. The van der Waals surface area contributed by atoms with Crippen molar-refractivity contribution in [3.63, 3.8) is 0 Å². The van der Waals surface area contributed by atoms with Gasteiger partial charge in [-0.25, -0.2) is 9.97 Å². The molecular weight excluding hydrogens is 757 g/mol. The van der Waals surface area contributed by atoms with Gasteiger partial charge in [-0.15, -0.1) is 22.7 Å². The number of aromatic nitrogens is 4. The number of benzene rings is 6. The first-order valence-corrected chi connectivity index (χ1v) is 20.4. The average Bonchev–Trinajstić information content (AvgIpc) is 3.92. The van der Waals surface area contributed by atoms with E-state index in [0.717, 1.165) is 110 Å². The van der Waals surface area contributed by atoms with Gasteiger partial charge in [0.2, 0.25) is 0 Å². The zero-order valence-corrected chi connectivity index (χ0v) is 32.1. The minimum absolute atomic E-state index is 0.790. The van der Waals surface area contributed by atoms with Crippen molar-refractivity contribution in [1.29, 1.82) is 0 Å². The third kappa shape index (κ3) is 5.42. The van der Waals surface area contributed by atoms with Crippen LogP contribution in [0, 0.1) is 0 Å². The van der Waals surface area contributed by atoms with Crippen molar-refractivity contribution in [3.8, 4) is 55.3 Å². The van der Waals surface area contributed by atoms with E-state index in [1.165, 1.54) is 0 Å². The summed E-state index contributed by atoms with van der Waals surface area (Å²) in [7, 11) is 0. The lowest BCUT2D eigenvalue weighted by atomic mass is 9.97. The van der Waals surface area contributed by atoms with E-state index < -0.39 is 0 Å². The molecule has 0 spiro atoms. The number of hydrogen-bond donors (Lipinski definition) is 0. The maximum Gasteiger partial charge on any atom is 0.151 e. The lowest BCUT2D eigenvalue weighted by molar-refractivity contribution is 0.476. The molecule has 0 fully saturated rings. The molecule has 4 aromatic heterocycles. The smallest absolute Gasteiger partial charge is 0.151 e. The zero-order valence-electron chi connectivity index (χ0n) is 30.5. The van der Waals surface area contributed by atoms with Crippen molar-refractivity contribution in [1.82, 2.24) is 19.9 Å². The number of pyridine rings is 2. The molecular formula is C48H28N6O2S2. The summed E-state index contributed by atoms with van der Waals surface area (Å²) in [4.78, 5) is 23.5. The van der Waals surface area contributed by atoms with Crippen LogP contribution < -0.4 is 19.3 Å². The van der Waals surface area contributed by atoms with Crippen LogP contribution >= 0.6 is 22.7 Å². The molecule has 0 atom stereocenters. The Hall–Kier alpha value is -7.40. The number of fused-ring (bicyclic) bond motifs is 6. The average molecular weight is 785 g/mol. The standard InChI is InChI=1S/C48H28N6O2S2/c1-5-13-41-37(9-1)53(38-10-2-6-14-42(38)55-41)33-23-29(21-31(25-33)47-51-35-27-49-19-17-45(35)57-47)30-22-32(48-52-36-28-50-20-18-46(36)58-48)26-34(24-30)54-39-11-3-7-15-43(39)56-44-16-8-4-12-40(44)54/h1-28H. The highest BCUT2D eigenvalue weighted by atomic mass is 32.1. The molecule has 0 saturated heterocycles. The van der Waals surface area contributed by atoms with Crippen LogP contribution in [0.25, 0.3) is 52.7 Å². The molecule has 0 unspecified atom stereocenters. The number of para-hydroxylation sites is 8. The summed E-state index contributed by atoms with van der Waals surface area (Å²) in [6.07, 6.45) is 7.30. The quantitative estimate of drug-likeness (QED) is 0.171. The van der Waals surface area contributed by atoms with Crippen molar-refractivity contribution in [3.05, 3.63) is 170 Å². The highest BCUT2D eigenvalue weighted by Crippen LogP contribution is 2.54. The molecule has 58 heavy (non-hydrogen) atoms. The Balaban J connectivity index is 1.13. The second-order valence-electron chi connectivity index (χ2n) is 14.0. The third-order valence-corrected chi connectivity index (χ3v) is 12.6. The number of nitrogens with zero attached hydrogens (tertiary/aromatic N) is 6. The van der Waals surface area contributed by atoms with E-state index in [2.05, 4.69) is 105 Å². The van der Waals surface area contributed by atoms with E-state index in [1.807, 2.05) is 85.5 Å². The molecule has 12 rings (SSSR count). The summed E-state index contributed by atoms with van der Waals surface area (Å²) in [5, 5.41) is 1.82. The van der Waals surface area contributed by atoms with Gasteiger partial charge in [0.25, 0.3) is 0 Å². The first kappa shape index (κ1) is 32.8. The van der Waals surface area contributed by atoms with Crippen LogP contribution in [0.1, 0.15) is 0 Å². The second-order valence-corrected chi connectivity index (χ2v) is 16.1. The fourth-order valence-corrected chi connectivity index (χ4v) is 9.67. The summed E-state index contributed by atoms with van der Waals surface area (Å²) in [6, 6.07) is 50.3. The molecule has 2 aliphatic heterocycles. The lowest BCUT2D eigenvalue weighted by Crippen LogP contribution is -2.16. The molecule has 8 nitrogen and oxygen atoms in total. The lowest BCUT2D eigenvalue weighted by Gasteiger charge is -2.34. The molecule has 10 heteroatoms. The van der Waals surface area contributed by atoms with Gasteiger partial charge in [-0.3, -0.25) is 9.97 Å². The first-order valence-electron chi connectivity index (χ1n) is 18.7. The summed E-state index contributed by atoms with van der Waals surface area (Å²) in [5.41, 5.74) is 11.6. The first-order chi connectivity index (χ1) is 28.7. The van der Waals surface area contributed by atoms with Crippen molar-refractivity contribution in [2.75, 3.05) is 9.80 Å². The SMILES string of the molecule is c1ccc2c(c1)Oc1ccccc1N2c1cc(-c2cc(-c3nc4cnccc4s3)cc(N3c4ccccc4Oc4ccccc43)c2)cc(-c2nc3cnccc3s2)c1. The Morgan fingerprint density at radius 3 is 1.14 bits per heavy atom. The van der Waals surface area contributed by atoms with Gasteiger partial charge in [0.05, 0.1) is 44.5 Å². The van der Waals surface area contributed by atoms with Gasteiger partial charge in [-0.2, -0.15) is 0 Å². The number of ether oxygens (including phenoxy) is 2. The third-order valence-electron chi connectivity index (χ3n) is 10.4. The van der Waals surface area contributed by atoms with Gasteiger partial charge >= 0.3 is 0 Å². The summed E-state index contributed by atoms with van der Waals surface area (Å²) in [5.74, 6) is 3.16. The highest BCUT2D eigenvalue weighted by molar-refractivity contribution is 7.22. The van der Waals surface area contributed by atoms with Crippen LogP contribution in [0.2, 0.25) is 0 Å². The normalized spacial score (nSPS) is 12.7. The molecule has 2 aliphatic rings. The van der Waals surface area contributed by atoms with Gasteiger partial charge < -0.3 is 19.3 Å². The molecule has 0 amide bonds. The molecule has 274 valence electrons. The van der Waals surface area contributed by atoms with E-state index >= 15 is 0 Å². The minimum atomic E-state index is 0.790. The van der Waals surface area contributed by atoms with Crippen molar-refractivity contribution >= 4 is 77.2 Å². The van der Waals surface area contributed by atoms with Crippen LogP contribution in [0.15, 0.2) is 170 Å². The molecule has 0 radical (unpaired) electrons. The minimum Gasteiger partial charge on any atom is -0.453 e. The Kier molecular flexibility index (Phi) is 7.40. The second kappa shape index (κ2) is 13.1. The topological polar surface area (TPSA) is 76.5 Å². The largest absolute Gasteiger partial charge is 0.453 e. The Morgan fingerprint density at radius 1 is 0.397 bits per heavy atom. The molecule has 6 aromatic carbocycles. The predicted molar refractivity (Wildman–Crippen MR) is 234 cm³/mol. The van der Waals surface area contributed by atoms with Crippen molar-refractivity contribution in [2.24, 2.45) is 0 Å². The van der Waals surface area contributed by atoms with Gasteiger partial charge in [0, 0.05) is 34.9 Å². The molecule has 0 saturated carbocycles.